The van der Waals surface area contributed by atoms with Gasteiger partial charge >= 0.3 is 0 Å². The smallest absolute Gasteiger partial charge is 0.255 e. The van der Waals surface area contributed by atoms with Gasteiger partial charge in [-0.25, -0.2) is 0 Å². The summed E-state index contributed by atoms with van der Waals surface area (Å²) in [6.07, 6.45) is 0. The molecule has 1 N–H and O–H groups in total. The van der Waals surface area contributed by atoms with Crippen LogP contribution in [0.15, 0.2) is 53.0 Å². The quantitative estimate of drug-likeness (QED) is 0.851. The van der Waals surface area contributed by atoms with Gasteiger partial charge in [-0.2, -0.15) is 0 Å². The van der Waals surface area contributed by atoms with Crippen molar-refractivity contribution in [3.63, 3.8) is 0 Å². The minimum atomic E-state index is -0.108. The van der Waals surface area contributed by atoms with Crippen molar-refractivity contribution in [1.82, 2.24) is 0 Å². The molecule has 0 aromatic heterocycles. The second kappa shape index (κ2) is 7.36. The van der Waals surface area contributed by atoms with Gasteiger partial charge in [-0.1, -0.05) is 15.9 Å². The standard InChI is InChI=1S/C19H21BrN2O2/c1-13-11-24-12-14(2)22(13)18-9-7-17(8-10-18)21-19(23)15-3-5-16(20)6-4-15/h3-10,13-14H,11-12H2,1-2H3,(H,21,23). The molecule has 0 saturated carbocycles. The second-order valence-corrected chi connectivity index (χ2v) is 7.07. The van der Waals surface area contributed by atoms with E-state index in [1.165, 1.54) is 0 Å². The van der Waals surface area contributed by atoms with Crippen molar-refractivity contribution in [2.45, 2.75) is 25.9 Å². The first-order chi connectivity index (χ1) is 11.5. The molecule has 3 rings (SSSR count). The molecule has 0 bridgehead atoms. The van der Waals surface area contributed by atoms with E-state index in [0.717, 1.165) is 29.1 Å². The van der Waals surface area contributed by atoms with Gasteiger partial charge in [-0.05, 0) is 62.4 Å². The Morgan fingerprint density at radius 1 is 1.04 bits per heavy atom. The first-order valence-electron chi connectivity index (χ1n) is 8.07. The van der Waals surface area contributed by atoms with Gasteiger partial charge in [0.2, 0.25) is 0 Å². The van der Waals surface area contributed by atoms with Crippen molar-refractivity contribution in [2.24, 2.45) is 0 Å². The molecule has 2 unspecified atom stereocenters. The fraction of sp³-hybridized carbons (Fsp3) is 0.316. The fourth-order valence-corrected chi connectivity index (χ4v) is 3.30. The maximum absolute atomic E-state index is 12.3. The number of hydrogen-bond acceptors (Lipinski definition) is 3. The summed E-state index contributed by atoms with van der Waals surface area (Å²) in [6.45, 7) is 5.82. The first-order valence-corrected chi connectivity index (χ1v) is 8.87. The second-order valence-electron chi connectivity index (χ2n) is 6.15. The number of nitrogens with zero attached hydrogens (tertiary/aromatic N) is 1. The number of halogens is 1. The van der Waals surface area contributed by atoms with E-state index in [4.69, 9.17) is 4.74 Å². The van der Waals surface area contributed by atoms with Gasteiger partial charge in [0.15, 0.2) is 0 Å². The molecule has 1 aliphatic heterocycles. The average Bonchev–Trinajstić information content (AvgIpc) is 2.57. The molecule has 1 amide bonds. The molecule has 1 aliphatic rings. The molecule has 5 heteroatoms. The SMILES string of the molecule is CC1COCC(C)N1c1ccc(NC(=O)c2ccc(Br)cc2)cc1. The Morgan fingerprint density at radius 2 is 1.62 bits per heavy atom. The predicted molar refractivity (Wildman–Crippen MR) is 101 cm³/mol. The van der Waals surface area contributed by atoms with Crippen molar-refractivity contribution in [2.75, 3.05) is 23.4 Å². The molecule has 24 heavy (non-hydrogen) atoms. The number of nitrogens with one attached hydrogen (secondary N) is 1. The van der Waals surface area contributed by atoms with E-state index in [1.54, 1.807) is 12.1 Å². The summed E-state index contributed by atoms with van der Waals surface area (Å²) in [5, 5.41) is 2.93. The van der Waals surface area contributed by atoms with Crippen LogP contribution in [0.5, 0.6) is 0 Å². The van der Waals surface area contributed by atoms with Crippen molar-refractivity contribution >= 4 is 33.2 Å². The molecular formula is C19H21BrN2O2. The van der Waals surface area contributed by atoms with E-state index in [0.29, 0.717) is 17.6 Å². The number of hydrogen-bond donors (Lipinski definition) is 1. The van der Waals surface area contributed by atoms with Crippen LogP contribution in [0, 0.1) is 0 Å². The highest BCUT2D eigenvalue weighted by Gasteiger charge is 2.25. The number of amides is 1. The third-order valence-electron chi connectivity index (χ3n) is 4.20. The number of ether oxygens (including phenoxy) is 1. The Hall–Kier alpha value is -1.85. The van der Waals surface area contributed by atoms with Crippen LogP contribution in [0.3, 0.4) is 0 Å². The van der Waals surface area contributed by atoms with Crippen molar-refractivity contribution < 1.29 is 9.53 Å². The third kappa shape index (κ3) is 3.79. The van der Waals surface area contributed by atoms with Crippen LogP contribution in [-0.4, -0.2) is 31.2 Å². The zero-order chi connectivity index (χ0) is 17.1. The zero-order valence-corrected chi connectivity index (χ0v) is 15.4. The van der Waals surface area contributed by atoms with Gasteiger partial charge in [0.1, 0.15) is 0 Å². The van der Waals surface area contributed by atoms with Crippen LogP contribution in [0.2, 0.25) is 0 Å². The highest BCUT2D eigenvalue weighted by molar-refractivity contribution is 9.10. The lowest BCUT2D eigenvalue weighted by atomic mass is 10.1. The Balaban J connectivity index is 1.70. The summed E-state index contributed by atoms with van der Waals surface area (Å²) < 4.78 is 6.53. The molecule has 0 spiro atoms. The van der Waals surface area contributed by atoms with Crippen molar-refractivity contribution in [3.05, 3.63) is 58.6 Å². The topological polar surface area (TPSA) is 41.6 Å². The lowest BCUT2D eigenvalue weighted by Gasteiger charge is -2.40. The minimum Gasteiger partial charge on any atom is -0.377 e. The number of benzene rings is 2. The maximum Gasteiger partial charge on any atom is 0.255 e. The zero-order valence-electron chi connectivity index (χ0n) is 13.8. The molecule has 1 fully saturated rings. The number of rotatable bonds is 3. The molecule has 2 aromatic rings. The summed E-state index contributed by atoms with van der Waals surface area (Å²) in [5.74, 6) is -0.108. The van der Waals surface area contributed by atoms with E-state index >= 15 is 0 Å². The summed E-state index contributed by atoms with van der Waals surface area (Å²) in [6, 6.07) is 16.0. The molecule has 2 atom stereocenters. The van der Waals surface area contributed by atoms with Crippen LogP contribution in [0.25, 0.3) is 0 Å². The molecule has 0 radical (unpaired) electrons. The predicted octanol–water partition coefficient (Wildman–Crippen LogP) is 4.32. The van der Waals surface area contributed by atoms with Gasteiger partial charge in [-0.15, -0.1) is 0 Å². The molecule has 4 nitrogen and oxygen atoms in total. The van der Waals surface area contributed by atoms with Gasteiger partial charge < -0.3 is 15.0 Å². The largest absolute Gasteiger partial charge is 0.377 e. The number of carbonyl (C=O) groups excluding carboxylic acids is 1. The van der Waals surface area contributed by atoms with Crippen LogP contribution in [-0.2, 0) is 4.74 Å². The monoisotopic (exact) mass is 388 g/mol. The minimum absolute atomic E-state index is 0.108. The first kappa shape index (κ1) is 17.0. The van der Waals surface area contributed by atoms with Gasteiger partial charge in [0, 0.05) is 33.5 Å². The van der Waals surface area contributed by atoms with Crippen LogP contribution >= 0.6 is 15.9 Å². The average molecular weight is 389 g/mol. The van der Waals surface area contributed by atoms with Gasteiger partial charge in [0.25, 0.3) is 5.91 Å². The van der Waals surface area contributed by atoms with E-state index in [-0.39, 0.29) is 5.91 Å². The van der Waals surface area contributed by atoms with Crippen molar-refractivity contribution in [1.29, 1.82) is 0 Å². The number of anilines is 2. The number of carbonyl (C=O) groups is 1. The van der Waals surface area contributed by atoms with Gasteiger partial charge in [0.05, 0.1) is 13.2 Å². The highest BCUT2D eigenvalue weighted by atomic mass is 79.9. The molecule has 2 aromatic carbocycles. The summed E-state index contributed by atoms with van der Waals surface area (Å²) in [5.41, 5.74) is 2.58. The third-order valence-corrected chi connectivity index (χ3v) is 4.73. The highest BCUT2D eigenvalue weighted by Crippen LogP contribution is 2.25. The fourth-order valence-electron chi connectivity index (χ4n) is 3.03. The van der Waals surface area contributed by atoms with E-state index in [9.17, 15) is 4.79 Å². The summed E-state index contributed by atoms with van der Waals surface area (Å²) in [7, 11) is 0. The molecule has 1 heterocycles. The lowest BCUT2D eigenvalue weighted by molar-refractivity contribution is 0.0757. The van der Waals surface area contributed by atoms with Crippen LogP contribution < -0.4 is 10.2 Å². The lowest BCUT2D eigenvalue weighted by Crippen LogP contribution is -2.49. The molecule has 0 aliphatic carbocycles. The Bertz CT molecular complexity index is 690. The Morgan fingerprint density at radius 3 is 2.21 bits per heavy atom. The van der Waals surface area contributed by atoms with E-state index in [2.05, 4.69) is 52.1 Å². The molecule has 1 saturated heterocycles. The molecule has 126 valence electrons. The summed E-state index contributed by atoms with van der Waals surface area (Å²) in [4.78, 5) is 14.6. The number of morpholine rings is 1. The maximum atomic E-state index is 12.3. The Labute approximate surface area is 150 Å². The normalized spacial score (nSPS) is 20.7. The Kier molecular flexibility index (Phi) is 5.21. The van der Waals surface area contributed by atoms with Gasteiger partial charge in [-0.3, -0.25) is 4.79 Å². The van der Waals surface area contributed by atoms with Crippen LogP contribution in [0.1, 0.15) is 24.2 Å². The molecular weight excluding hydrogens is 368 g/mol. The van der Waals surface area contributed by atoms with Crippen molar-refractivity contribution in [3.8, 4) is 0 Å². The van der Waals surface area contributed by atoms with Crippen LogP contribution in [0.4, 0.5) is 11.4 Å². The van der Waals surface area contributed by atoms with E-state index < -0.39 is 0 Å². The summed E-state index contributed by atoms with van der Waals surface area (Å²) >= 11 is 3.37. The van der Waals surface area contributed by atoms with E-state index in [1.807, 2.05) is 24.3 Å².